The van der Waals surface area contributed by atoms with E-state index in [2.05, 4.69) is 5.32 Å². The number of nitrogens with one attached hydrogen (secondary N) is 1. The predicted octanol–water partition coefficient (Wildman–Crippen LogP) is -0.807. The molecular weight excluding hydrogens is 220 g/mol. The molecule has 0 aliphatic carbocycles. The Morgan fingerprint density at radius 3 is 2.60 bits per heavy atom. The quantitative estimate of drug-likeness (QED) is 0.517. The minimum Gasteiger partial charge on any atom is -0.480 e. The van der Waals surface area contributed by atoms with Crippen LogP contribution < -0.4 is 5.32 Å². The number of carboxylic acids is 1. The molecule has 0 saturated heterocycles. The first-order chi connectivity index (χ1) is 6.99. The van der Waals surface area contributed by atoms with Crippen LogP contribution in [0.4, 0.5) is 0 Å². The van der Waals surface area contributed by atoms with Gasteiger partial charge in [-0.25, -0.2) is 4.79 Å². The highest BCUT2D eigenvalue weighted by atomic mass is 32.2. The number of thioether (sulfide) groups is 1. The van der Waals surface area contributed by atoms with Gasteiger partial charge in [0.25, 0.3) is 0 Å². The van der Waals surface area contributed by atoms with Crippen molar-refractivity contribution in [3.63, 3.8) is 0 Å². The van der Waals surface area contributed by atoms with Gasteiger partial charge in [0.2, 0.25) is 5.91 Å². The van der Waals surface area contributed by atoms with E-state index in [1.165, 1.54) is 6.92 Å². The molecule has 0 aromatic carbocycles. The number of aliphatic carboxylic acids is 1. The Kier molecular flexibility index (Phi) is 6.49. The van der Waals surface area contributed by atoms with Crippen molar-refractivity contribution in [1.82, 2.24) is 5.32 Å². The highest BCUT2D eigenvalue weighted by Crippen LogP contribution is 1.99. The molecule has 7 heteroatoms. The fourth-order valence-corrected chi connectivity index (χ4v) is 1.26. The van der Waals surface area contributed by atoms with Gasteiger partial charge in [-0.1, -0.05) is 0 Å². The van der Waals surface area contributed by atoms with E-state index < -0.39 is 24.0 Å². The van der Waals surface area contributed by atoms with Crippen molar-refractivity contribution in [1.29, 1.82) is 5.26 Å². The lowest BCUT2D eigenvalue weighted by molar-refractivity contribution is -0.144. The van der Waals surface area contributed by atoms with Crippen LogP contribution in [0.2, 0.25) is 0 Å². The van der Waals surface area contributed by atoms with Crippen molar-refractivity contribution in [3.05, 3.63) is 0 Å². The van der Waals surface area contributed by atoms with Gasteiger partial charge in [-0.3, -0.25) is 4.79 Å². The molecule has 0 aromatic heterocycles. The first-order valence-electron chi connectivity index (χ1n) is 4.14. The second-order valence-electron chi connectivity index (χ2n) is 2.77. The molecular formula is C8H12N2O4S. The summed E-state index contributed by atoms with van der Waals surface area (Å²) in [5.41, 5.74) is 0. The van der Waals surface area contributed by atoms with Crippen molar-refractivity contribution in [2.24, 2.45) is 0 Å². The summed E-state index contributed by atoms with van der Waals surface area (Å²) in [7, 11) is 0. The minimum atomic E-state index is -1.31. The number of rotatable bonds is 6. The first kappa shape index (κ1) is 13.7. The zero-order valence-corrected chi connectivity index (χ0v) is 8.95. The number of amides is 1. The summed E-state index contributed by atoms with van der Waals surface area (Å²) in [5, 5.41) is 28.0. The molecule has 0 heterocycles. The number of carbonyl (C=O) groups excluding carboxylic acids is 1. The van der Waals surface area contributed by atoms with Gasteiger partial charge in [-0.2, -0.15) is 5.26 Å². The average Bonchev–Trinajstić information content (AvgIpc) is 2.13. The molecule has 2 atom stereocenters. The van der Waals surface area contributed by atoms with Crippen molar-refractivity contribution in [2.75, 3.05) is 11.5 Å². The van der Waals surface area contributed by atoms with Crippen LogP contribution >= 0.6 is 11.8 Å². The van der Waals surface area contributed by atoms with Crippen LogP contribution in [0.1, 0.15) is 6.92 Å². The number of hydrogen-bond donors (Lipinski definition) is 3. The van der Waals surface area contributed by atoms with Crippen LogP contribution in [-0.2, 0) is 9.59 Å². The van der Waals surface area contributed by atoms with Crippen LogP contribution in [0.15, 0.2) is 0 Å². The number of carbonyl (C=O) groups is 2. The van der Waals surface area contributed by atoms with Gasteiger partial charge in [0.1, 0.15) is 0 Å². The number of nitrogens with zero attached hydrogens (tertiary/aromatic N) is 1. The number of hydrogen-bond acceptors (Lipinski definition) is 5. The van der Waals surface area contributed by atoms with Crippen LogP contribution in [0, 0.1) is 11.3 Å². The van der Waals surface area contributed by atoms with E-state index in [0.717, 1.165) is 11.8 Å². The Morgan fingerprint density at radius 2 is 2.20 bits per heavy atom. The van der Waals surface area contributed by atoms with E-state index in [1.807, 2.05) is 6.07 Å². The zero-order chi connectivity index (χ0) is 11.8. The standard InChI is InChI=1S/C8H12N2O4S/c1-5(11)7(8(13)14)10-6(12)4-15-3-2-9/h5,7,11H,3-4H2,1H3,(H,10,12)(H,13,14). The van der Waals surface area contributed by atoms with Gasteiger partial charge in [0, 0.05) is 0 Å². The van der Waals surface area contributed by atoms with Gasteiger partial charge in [0.05, 0.1) is 23.7 Å². The van der Waals surface area contributed by atoms with Crippen molar-refractivity contribution < 1.29 is 19.8 Å². The molecule has 0 aromatic rings. The third-order valence-corrected chi connectivity index (χ3v) is 2.26. The third-order valence-electron chi connectivity index (χ3n) is 1.46. The van der Waals surface area contributed by atoms with E-state index in [-0.39, 0.29) is 11.5 Å². The lowest BCUT2D eigenvalue weighted by Gasteiger charge is -2.16. The topological polar surface area (TPSA) is 110 Å². The molecule has 1 amide bonds. The lowest BCUT2D eigenvalue weighted by Crippen LogP contribution is -2.48. The monoisotopic (exact) mass is 232 g/mol. The smallest absolute Gasteiger partial charge is 0.328 e. The van der Waals surface area contributed by atoms with E-state index in [1.54, 1.807) is 0 Å². The summed E-state index contributed by atoms with van der Waals surface area (Å²) in [4.78, 5) is 21.7. The van der Waals surface area contributed by atoms with Crippen LogP contribution in [0.3, 0.4) is 0 Å². The number of nitriles is 1. The molecule has 2 unspecified atom stereocenters. The van der Waals surface area contributed by atoms with Gasteiger partial charge >= 0.3 is 5.97 Å². The van der Waals surface area contributed by atoms with Gasteiger partial charge in [0.15, 0.2) is 6.04 Å². The molecule has 0 saturated carbocycles. The van der Waals surface area contributed by atoms with Gasteiger partial charge in [-0.15, -0.1) is 11.8 Å². The molecule has 0 rings (SSSR count). The Balaban J connectivity index is 4.02. The zero-order valence-electron chi connectivity index (χ0n) is 8.14. The molecule has 0 radical (unpaired) electrons. The summed E-state index contributed by atoms with van der Waals surface area (Å²) in [6.45, 7) is 1.28. The van der Waals surface area contributed by atoms with Crippen LogP contribution in [0.25, 0.3) is 0 Å². The molecule has 0 bridgehead atoms. The van der Waals surface area contributed by atoms with E-state index in [4.69, 9.17) is 15.5 Å². The molecule has 0 aliphatic heterocycles. The fourth-order valence-electron chi connectivity index (χ4n) is 0.793. The lowest BCUT2D eigenvalue weighted by atomic mass is 10.2. The minimum absolute atomic E-state index is 0.00403. The Labute approximate surface area is 91.3 Å². The van der Waals surface area contributed by atoms with Crippen molar-refractivity contribution in [2.45, 2.75) is 19.1 Å². The molecule has 3 N–H and O–H groups in total. The Bertz CT molecular complexity index is 274. The normalized spacial score (nSPS) is 13.7. The molecule has 15 heavy (non-hydrogen) atoms. The second-order valence-corrected chi connectivity index (χ2v) is 3.76. The summed E-state index contributed by atoms with van der Waals surface area (Å²) in [6, 6.07) is 0.534. The van der Waals surface area contributed by atoms with Crippen molar-refractivity contribution >= 4 is 23.6 Å². The maximum absolute atomic E-state index is 11.1. The van der Waals surface area contributed by atoms with E-state index in [0.29, 0.717) is 0 Å². The highest BCUT2D eigenvalue weighted by molar-refractivity contribution is 8.00. The van der Waals surface area contributed by atoms with Gasteiger partial charge < -0.3 is 15.5 Å². The molecule has 0 spiro atoms. The third kappa shape index (κ3) is 5.93. The summed E-state index contributed by atoms with van der Waals surface area (Å²) < 4.78 is 0. The Morgan fingerprint density at radius 1 is 1.60 bits per heavy atom. The highest BCUT2D eigenvalue weighted by Gasteiger charge is 2.24. The number of aliphatic hydroxyl groups is 1. The fraction of sp³-hybridized carbons (Fsp3) is 0.625. The van der Waals surface area contributed by atoms with Gasteiger partial charge in [-0.05, 0) is 6.92 Å². The summed E-state index contributed by atoms with van der Waals surface area (Å²) in [5.74, 6) is -1.63. The van der Waals surface area contributed by atoms with Crippen LogP contribution in [0.5, 0.6) is 0 Å². The largest absolute Gasteiger partial charge is 0.480 e. The molecule has 0 aliphatic rings. The molecule has 84 valence electrons. The molecule has 6 nitrogen and oxygen atoms in total. The van der Waals surface area contributed by atoms with Crippen LogP contribution in [-0.4, -0.2) is 45.7 Å². The Hall–Kier alpha value is -1.26. The average molecular weight is 232 g/mol. The maximum Gasteiger partial charge on any atom is 0.328 e. The summed E-state index contributed by atoms with van der Waals surface area (Å²) >= 11 is 1.08. The summed E-state index contributed by atoms with van der Waals surface area (Å²) in [6.07, 6.45) is -1.16. The van der Waals surface area contributed by atoms with Crippen molar-refractivity contribution in [3.8, 4) is 6.07 Å². The number of carboxylic acid groups (broad SMARTS) is 1. The second kappa shape index (κ2) is 7.09. The first-order valence-corrected chi connectivity index (χ1v) is 5.29. The maximum atomic E-state index is 11.1. The van der Waals surface area contributed by atoms with E-state index >= 15 is 0 Å². The van der Waals surface area contributed by atoms with E-state index in [9.17, 15) is 9.59 Å². The number of aliphatic hydroxyl groups excluding tert-OH is 1. The SMILES string of the molecule is CC(O)C(NC(=O)CSCC#N)C(=O)O. The molecule has 0 fully saturated rings. The predicted molar refractivity (Wildman–Crippen MR) is 54.2 cm³/mol.